The number of benzene rings is 3. The summed E-state index contributed by atoms with van der Waals surface area (Å²) in [5.74, 6) is 2.48. The number of rotatable bonds is 7. The number of anilines is 1. The predicted molar refractivity (Wildman–Crippen MR) is 127 cm³/mol. The number of carbonyl (C=O) groups excluding carboxylic acids is 1. The normalized spacial score (nSPS) is 14.8. The molecule has 0 fully saturated rings. The van der Waals surface area contributed by atoms with Crippen LogP contribution in [0.4, 0.5) is 5.69 Å². The third-order valence-corrected chi connectivity index (χ3v) is 5.84. The van der Waals surface area contributed by atoms with Gasteiger partial charge in [-0.05, 0) is 48.4 Å². The molecule has 0 bridgehead atoms. The van der Waals surface area contributed by atoms with E-state index in [1.807, 2.05) is 65.6 Å². The van der Waals surface area contributed by atoms with Gasteiger partial charge in [-0.15, -0.1) is 0 Å². The molecule has 0 saturated heterocycles. The third-order valence-electron chi connectivity index (χ3n) is 5.84. The quantitative estimate of drug-likeness (QED) is 0.573. The zero-order chi connectivity index (χ0) is 23.4. The van der Waals surface area contributed by atoms with Crippen LogP contribution in [0.25, 0.3) is 0 Å². The molecule has 33 heavy (non-hydrogen) atoms. The van der Waals surface area contributed by atoms with Gasteiger partial charge in [-0.3, -0.25) is 4.79 Å². The number of hydrogen-bond donors (Lipinski definition) is 1. The maximum Gasteiger partial charge on any atom is 0.255 e. The molecular formula is C26H28N2O5. The molecular weight excluding hydrogens is 420 g/mol. The molecule has 172 valence electrons. The maximum absolute atomic E-state index is 13.5. The van der Waals surface area contributed by atoms with Crippen molar-refractivity contribution in [3.05, 3.63) is 77.4 Å². The first-order valence-electron chi connectivity index (χ1n) is 10.7. The van der Waals surface area contributed by atoms with Crippen LogP contribution < -0.4 is 24.3 Å². The minimum absolute atomic E-state index is 0.0472. The van der Waals surface area contributed by atoms with Crippen molar-refractivity contribution in [1.29, 1.82) is 0 Å². The van der Waals surface area contributed by atoms with Gasteiger partial charge in [-0.25, -0.2) is 0 Å². The first-order chi connectivity index (χ1) is 16.1. The van der Waals surface area contributed by atoms with Gasteiger partial charge in [0.1, 0.15) is 6.17 Å². The topological polar surface area (TPSA) is 69.3 Å². The van der Waals surface area contributed by atoms with E-state index in [4.69, 9.17) is 18.9 Å². The summed E-state index contributed by atoms with van der Waals surface area (Å²) in [6.45, 7) is 0.557. The number of amides is 1. The Hall–Kier alpha value is -3.87. The summed E-state index contributed by atoms with van der Waals surface area (Å²) in [4.78, 5) is 15.3. The second-order valence-corrected chi connectivity index (χ2v) is 7.64. The zero-order valence-corrected chi connectivity index (χ0v) is 19.3. The van der Waals surface area contributed by atoms with Gasteiger partial charge in [0.05, 0.1) is 28.4 Å². The fraction of sp³-hybridized carbons (Fsp3) is 0.269. The molecule has 4 rings (SSSR count). The Morgan fingerprint density at radius 3 is 2.12 bits per heavy atom. The van der Waals surface area contributed by atoms with Crippen LogP contribution in [0.2, 0.25) is 0 Å². The van der Waals surface area contributed by atoms with E-state index in [2.05, 4.69) is 5.32 Å². The summed E-state index contributed by atoms with van der Waals surface area (Å²) < 4.78 is 21.9. The van der Waals surface area contributed by atoms with Crippen molar-refractivity contribution >= 4 is 11.6 Å². The molecule has 0 spiro atoms. The van der Waals surface area contributed by atoms with Crippen molar-refractivity contribution < 1.29 is 23.7 Å². The summed E-state index contributed by atoms with van der Waals surface area (Å²) in [6, 6.07) is 18.8. The van der Waals surface area contributed by atoms with Crippen LogP contribution in [0.15, 0.2) is 60.7 Å². The predicted octanol–water partition coefficient (Wildman–Crippen LogP) is 4.53. The molecule has 1 atom stereocenters. The van der Waals surface area contributed by atoms with Crippen LogP contribution in [0.3, 0.4) is 0 Å². The van der Waals surface area contributed by atoms with E-state index in [1.54, 1.807) is 28.4 Å². The van der Waals surface area contributed by atoms with Crippen LogP contribution in [-0.2, 0) is 6.42 Å². The molecule has 3 aromatic rings. The van der Waals surface area contributed by atoms with Gasteiger partial charge in [-0.2, -0.15) is 0 Å². The van der Waals surface area contributed by atoms with Gasteiger partial charge in [-0.1, -0.05) is 18.2 Å². The van der Waals surface area contributed by atoms with E-state index in [1.165, 1.54) is 0 Å². The SMILES string of the molecule is COc1ccc(N[C@H]2c3cc(OC)c(OC)cc3CCN2C(=O)c2ccccc2)cc1OC. The van der Waals surface area contributed by atoms with Crippen LogP contribution in [0, 0.1) is 0 Å². The average Bonchev–Trinajstić information content (AvgIpc) is 2.88. The molecule has 1 aliphatic heterocycles. The summed E-state index contributed by atoms with van der Waals surface area (Å²) in [5.41, 5.74) is 3.49. The number of ether oxygens (including phenoxy) is 4. The van der Waals surface area contributed by atoms with Crippen LogP contribution in [0.1, 0.15) is 27.7 Å². The van der Waals surface area contributed by atoms with E-state index in [0.717, 1.165) is 16.8 Å². The van der Waals surface area contributed by atoms with Crippen molar-refractivity contribution in [3.63, 3.8) is 0 Å². The second-order valence-electron chi connectivity index (χ2n) is 7.64. The van der Waals surface area contributed by atoms with E-state index < -0.39 is 6.17 Å². The fourth-order valence-corrected chi connectivity index (χ4v) is 4.15. The number of methoxy groups -OCH3 is 4. The number of carbonyl (C=O) groups is 1. The van der Waals surface area contributed by atoms with Crippen molar-refractivity contribution in [2.75, 3.05) is 40.3 Å². The lowest BCUT2D eigenvalue weighted by atomic mass is 9.94. The standard InChI is InChI=1S/C26H28N2O5/c1-30-21-11-10-19(15-23(21)32-3)27-25-20-16-24(33-4)22(31-2)14-18(20)12-13-28(25)26(29)17-8-6-5-7-9-17/h5-11,14-16,25,27H,12-13H2,1-4H3/t25-/m1/s1. The van der Waals surface area contributed by atoms with Gasteiger partial charge < -0.3 is 29.2 Å². The maximum atomic E-state index is 13.5. The smallest absolute Gasteiger partial charge is 0.255 e. The lowest BCUT2D eigenvalue weighted by Crippen LogP contribution is -2.43. The highest BCUT2D eigenvalue weighted by atomic mass is 16.5. The van der Waals surface area contributed by atoms with Crippen LogP contribution >= 0.6 is 0 Å². The van der Waals surface area contributed by atoms with Crippen molar-refractivity contribution in [2.24, 2.45) is 0 Å². The van der Waals surface area contributed by atoms with Gasteiger partial charge in [0.15, 0.2) is 23.0 Å². The van der Waals surface area contributed by atoms with Gasteiger partial charge in [0.25, 0.3) is 5.91 Å². The van der Waals surface area contributed by atoms with Gasteiger partial charge in [0, 0.05) is 29.4 Å². The molecule has 1 aliphatic rings. The molecule has 0 unspecified atom stereocenters. The van der Waals surface area contributed by atoms with E-state index >= 15 is 0 Å². The second kappa shape index (κ2) is 9.73. The van der Waals surface area contributed by atoms with Crippen molar-refractivity contribution in [3.8, 4) is 23.0 Å². The Kier molecular flexibility index (Phi) is 6.58. The number of nitrogens with one attached hydrogen (secondary N) is 1. The number of hydrogen-bond acceptors (Lipinski definition) is 6. The lowest BCUT2D eigenvalue weighted by Gasteiger charge is -2.38. The fourth-order valence-electron chi connectivity index (χ4n) is 4.15. The number of fused-ring (bicyclic) bond motifs is 1. The van der Waals surface area contributed by atoms with Gasteiger partial charge >= 0.3 is 0 Å². The molecule has 0 radical (unpaired) electrons. The Morgan fingerprint density at radius 2 is 1.45 bits per heavy atom. The Balaban J connectivity index is 1.78. The first-order valence-corrected chi connectivity index (χ1v) is 10.7. The molecule has 7 nitrogen and oxygen atoms in total. The number of nitrogens with zero attached hydrogens (tertiary/aromatic N) is 1. The molecule has 1 N–H and O–H groups in total. The molecule has 0 aromatic heterocycles. The Bertz CT molecular complexity index is 1130. The van der Waals surface area contributed by atoms with E-state index in [9.17, 15) is 4.79 Å². The van der Waals surface area contributed by atoms with Gasteiger partial charge in [0.2, 0.25) is 0 Å². The summed E-state index contributed by atoms with van der Waals surface area (Å²) in [5, 5.41) is 3.53. The zero-order valence-electron chi connectivity index (χ0n) is 19.3. The summed E-state index contributed by atoms with van der Waals surface area (Å²) >= 11 is 0. The minimum Gasteiger partial charge on any atom is -0.493 e. The third kappa shape index (κ3) is 4.39. The van der Waals surface area contributed by atoms with Crippen molar-refractivity contribution in [1.82, 2.24) is 4.90 Å². The molecule has 1 heterocycles. The monoisotopic (exact) mass is 448 g/mol. The highest BCUT2D eigenvalue weighted by Crippen LogP contribution is 2.40. The molecule has 3 aromatic carbocycles. The average molecular weight is 449 g/mol. The minimum atomic E-state index is -0.417. The molecule has 7 heteroatoms. The first kappa shape index (κ1) is 22.3. The Morgan fingerprint density at radius 1 is 0.818 bits per heavy atom. The van der Waals surface area contributed by atoms with Crippen LogP contribution in [0.5, 0.6) is 23.0 Å². The van der Waals surface area contributed by atoms with E-state index in [-0.39, 0.29) is 5.91 Å². The molecule has 0 saturated carbocycles. The molecule has 0 aliphatic carbocycles. The highest BCUT2D eigenvalue weighted by molar-refractivity contribution is 5.95. The lowest BCUT2D eigenvalue weighted by molar-refractivity contribution is 0.0685. The Labute approximate surface area is 193 Å². The summed E-state index contributed by atoms with van der Waals surface area (Å²) in [6.07, 6.45) is 0.289. The van der Waals surface area contributed by atoms with Crippen molar-refractivity contribution in [2.45, 2.75) is 12.6 Å². The summed E-state index contributed by atoms with van der Waals surface area (Å²) in [7, 11) is 6.43. The largest absolute Gasteiger partial charge is 0.493 e. The van der Waals surface area contributed by atoms with Crippen LogP contribution in [-0.4, -0.2) is 45.8 Å². The van der Waals surface area contributed by atoms with E-state index in [0.29, 0.717) is 41.5 Å². The molecule has 1 amide bonds. The highest BCUT2D eigenvalue weighted by Gasteiger charge is 2.33.